The fourth-order valence-electron chi connectivity index (χ4n) is 3.23. The van der Waals surface area contributed by atoms with Crippen molar-refractivity contribution < 1.29 is 9.72 Å². The van der Waals surface area contributed by atoms with Gasteiger partial charge >= 0.3 is 5.69 Å². The summed E-state index contributed by atoms with van der Waals surface area (Å²) in [5, 5.41) is 16.1. The zero-order valence-corrected chi connectivity index (χ0v) is 15.4. The fraction of sp³-hybridized carbons (Fsp3) is 0.412. The van der Waals surface area contributed by atoms with E-state index < -0.39 is 4.92 Å². The Morgan fingerprint density at radius 1 is 1.27 bits per heavy atom. The van der Waals surface area contributed by atoms with Crippen molar-refractivity contribution in [1.82, 2.24) is 19.6 Å². The predicted octanol–water partition coefficient (Wildman–Crippen LogP) is 2.25. The third-order valence-corrected chi connectivity index (χ3v) is 4.96. The van der Waals surface area contributed by atoms with E-state index in [0.717, 1.165) is 10.6 Å². The highest BCUT2D eigenvalue weighted by Crippen LogP contribution is 2.24. The van der Waals surface area contributed by atoms with Crippen molar-refractivity contribution in [2.75, 3.05) is 26.2 Å². The van der Waals surface area contributed by atoms with Crippen LogP contribution < -0.4 is 0 Å². The first-order chi connectivity index (χ1) is 12.4. The summed E-state index contributed by atoms with van der Waals surface area (Å²) < 4.78 is 1.30. The third kappa shape index (κ3) is 3.56. The number of hydrogen-bond acceptors (Lipinski definition) is 5. The van der Waals surface area contributed by atoms with Gasteiger partial charge in [0.25, 0.3) is 5.91 Å². The predicted molar refractivity (Wildman–Crippen MR) is 97.2 cm³/mol. The number of benzene rings is 1. The lowest BCUT2D eigenvalue weighted by molar-refractivity contribution is -0.385. The van der Waals surface area contributed by atoms with Gasteiger partial charge in [-0.2, -0.15) is 5.10 Å². The van der Waals surface area contributed by atoms with Gasteiger partial charge in [-0.3, -0.25) is 24.5 Å². The molecule has 1 aromatic carbocycles. The number of carbonyl (C=O) groups excluding carboxylic acids is 1. The summed E-state index contributed by atoms with van der Waals surface area (Å²) >= 11 is 6.20. The van der Waals surface area contributed by atoms with E-state index >= 15 is 0 Å². The van der Waals surface area contributed by atoms with Crippen LogP contribution in [0.15, 0.2) is 24.3 Å². The lowest BCUT2D eigenvalue weighted by Crippen LogP contribution is -2.48. The van der Waals surface area contributed by atoms with Gasteiger partial charge in [-0.1, -0.05) is 29.8 Å². The first-order valence-corrected chi connectivity index (χ1v) is 8.69. The number of aromatic nitrogens is 2. The Morgan fingerprint density at radius 2 is 1.92 bits per heavy atom. The van der Waals surface area contributed by atoms with Gasteiger partial charge in [0.2, 0.25) is 5.69 Å². The molecule has 0 saturated carbocycles. The van der Waals surface area contributed by atoms with Crippen LogP contribution in [0.2, 0.25) is 5.02 Å². The first kappa shape index (κ1) is 18.3. The smallest absolute Gasteiger partial charge is 0.322 e. The summed E-state index contributed by atoms with van der Waals surface area (Å²) in [5.74, 6) is -0.350. The number of rotatable bonds is 4. The number of halogens is 1. The average Bonchev–Trinajstić information content (AvgIpc) is 2.91. The molecule has 1 amide bonds. The average molecular weight is 378 g/mol. The second kappa shape index (κ2) is 7.43. The number of nitro groups is 1. The van der Waals surface area contributed by atoms with Gasteiger partial charge in [-0.15, -0.1) is 0 Å². The molecular formula is C17H20ClN5O3. The van der Waals surface area contributed by atoms with Gasteiger partial charge in [0.1, 0.15) is 5.69 Å². The van der Waals surface area contributed by atoms with E-state index in [1.807, 2.05) is 24.3 Å². The fourth-order valence-corrected chi connectivity index (χ4v) is 3.43. The molecule has 0 unspecified atom stereocenters. The molecule has 1 fully saturated rings. The SMILES string of the molecule is Cc1nn(C)c(C(=O)N2CCN(Cc3ccccc3Cl)CC2)c1[N+](=O)[O-]. The molecule has 26 heavy (non-hydrogen) atoms. The molecule has 0 aliphatic carbocycles. The second-order valence-electron chi connectivity index (χ2n) is 6.32. The summed E-state index contributed by atoms with van der Waals surface area (Å²) in [4.78, 5) is 27.4. The number of amides is 1. The second-order valence-corrected chi connectivity index (χ2v) is 6.73. The highest BCUT2D eigenvalue weighted by Gasteiger charge is 2.33. The maximum atomic E-state index is 12.8. The summed E-state index contributed by atoms with van der Waals surface area (Å²) in [6.45, 7) is 4.63. The quantitative estimate of drug-likeness (QED) is 0.602. The molecule has 138 valence electrons. The van der Waals surface area contributed by atoms with Crippen molar-refractivity contribution in [3.05, 3.63) is 56.4 Å². The van der Waals surface area contributed by atoms with Crippen LogP contribution in [0.1, 0.15) is 21.7 Å². The van der Waals surface area contributed by atoms with Gasteiger partial charge in [0.05, 0.1) is 4.92 Å². The minimum Gasteiger partial charge on any atom is -0.335 e. The molecule has 1 aromatic heterocycles. The highest BCUT2D eigenvalue weighted by atomic mass is 35.5. The number of aryl methyl sites for hydroxylation is 2. The number of carbonyl (C=O) groups is 1. The van der Waals surface area contributed by atoms with Crippen LogP contribution in [0.4, 0.5) is 5.69 Å². The Balaban J connectivity index is 1.68. The van der Waals surface area contributed by atoms with Gasteiger partial charge in [0.15, 0.2) is 0 Å². The van der Waals surface area contributed by atoms with E-state index in [4.69, 9.17) is 11.6 Å². The zero-order chi connectivity index (χ0) is 18.8. The molecule has 9 heteroatoms. The van der Waals surface area contributed by atoms with Crippen LogP contribution in [-0.2, 0) is 13.6 Å². The van der Waals surface area contributed by atoms with Crippen LogP contribution in [0.5, 0.6) is 0 Å². The maximum Gasteiger partial charge on any atom is 0.322 e. The third-order valence-electron chi connectivity index (χ3n) is 4.59. The molecule has 0 N–H and O–H groups in total. The number of hydrogen-bond donors (Lipinski definition) is 0. The molecule has 0 spiro atoms. The summed E-state index contributed by atoms with van der Waals surface area (Å²) in [7, 11) is 1.56. The van der Waals surface area contributed by atoms with Crippen molar-refractivity contribution >= 4 is 23.2 Å². The Kier molecular flexibility index (Phi) is 5.24. The molecule has 3 rings (SSSR count). The number of piperazine rings is 1. The number of nitrogens with zero attached hydrogens (tertiary/aromatic N) is 5. The van der Waals surface area contributed by atoms with Crippen molar-refractivity contribution in [3.8, 4) is 0 Å². The largest absolute Gasteiger partial charge is 0.335 e. The maximum absolute atomic E-state index is 12.8. The van der Waals surface area contributed by atoms with E-state index in [1.54, 1.807) is 11.9 Å². The lowest BCUT2D eigenvalue weighted by Gasteiger charge is -2.34. The molecule has 8 nitrogen and oxygen atoms in total. The lowest BCUT2D eigenvalue weighted by atomic mass is 10.2. The van der Waals surface area contributed by atoms with E-state index in [0.29, 0.717) is 32.7 Å². The van der Waals surface area contributed by atoms with E-state index in [-0.39, 0.29) is 23.0 Å². The Hall–Kier alpha value is -2.45. The van der Waals surface area contributed by atoms with Crippen molar-refractivity contribution in [3.63, 3.8) is 0 Å². The Labute approximate surface area is 156 Å². The van der Waals surface area contributed by atoms with Crippen LogP contribution >= 0.6 is 11.6 Å². The Morgan fingerprint density at radius 3 is 2.54 bits per heavy atom. The molecule has 2 aromatic rings. The molecule has 0 bridgehead atoms. The van der Waals surface area contributed by atoms with Gasteiger partial charge in [0, 0.05) is 44.8 Å². The molecule has 1 aliphatic heterocycles. The molecule has 1 aliphatic rings. The van der Waals surface area contributed by atoms with Crippen LogP contribution in [0.25, 0.3) is 0 Å². The van der Waals surface area contributed by atoms with Gasteiger partial charge in [-0.25, -0.2) is 0 Å². The van der Waals surface area contributed by atoms with Crippen LogP contribution in [0.3, 0.4) is 0 Å². The molecule has 0 radical (unpaired) electrons. The van der Waals surface area contributed by atoms with Crippen LogP contribution in [-0.4, -0.2) is 56.6 Å². The minimum atomic E-state index is -0.538. The van der Waals surface area contributed by atoms with Crippen molar-refractivity contribution in [1.29, 1.82) is 0 Å². The first-order valence-electron chi connectivity index (χ1n) is 8.31. The molecule has 0 atom stereocenters. The summed E-state index contributed by atoms with van der Waals surface area (Å²) in [6.07, 6.45) is 0. The van der Waals surface area contributed by atoms with E-state index in [2.05, 4.69) is 10.00 Å². The van der Waals surface area contributed by atoms with Gasteiger partial charge in [-0.05, 0) is 18.6 Å². The van der Waals surface area contributed by atoms with Crippen LogP contribution in [0, 0.1) is 17.0 Å². The van der Waals surface area contributed by atoms with E-state index in [1.165, 1.54) is 11.6 Å². The molecule has 1 saturated heterocycles. The monoisotopic (exact) mass is 377 g/mol. The summed E-state index contributed by atoms with van der Waals surface area (Å²) in [5.41, 5.74) is 1.12. The zero-order valence-electron chi connectivity index (χ0n) is 14.7. The molecule has 2 heterocycles. The summed E-state index contributed by atoms with van der Waals surface area (Å²) in [6, 6.07) is 7.69. The van der Waals surface area contributed by atoms with Crippen molar-refractivity contribution in [2.45, 2.75) is 13.5 Å². The highest BCUT2D eigenvalue weighted by molar-refractivity contribution is 6.31. The van der Waals surface area contributed by atoms with E-state index in [9.17, 15) is 14.9 Å². The topological polar surface area (TPSA) is 84.5 Å². The van der Waals surface area contributed by atoms with Gasteiger partial charge < -0.3 is 4.90 Å². The minimum absolute atomic E-state index is 0.0343. The van der Waals surface area contributed by atoms with Crippen molar-refractivity contribution in [2.24, 2.45) is 7.05 Å². The standard InChI is InChI=1S/C17H20ClN5O3/c1-12-15(23(25)26)16(20(2)19-12)17(24)22-9-7-21(8-10-22)11-13-5-3-4-6-14(13)18/h3-6H,7-11H2,1-2H3. The Bertz CT molecular complexity index is 843. The molecular weight excluding hydrogens is 358 g/mol. The normalized spacial score (nSPS) is 15.3.